The summed E-state index contributed by atoms with van der Waals surface area (Å²) in [7, 11) is 4.77. The summed E-state index contributed by atoms with van der Waals surface area (Å²) in [4.78, 5) is 13.5. The Morgan fingerprint density at radius 2 is 2.15 bits per heavy atom. The predicted octanol–water partition coefficient (Wildman–Crippen LogP) is 0.489. The van der Waals surface area contributed by atoms with Crippen LogP contribution in [0.15, 0.2) is 18.2 Å². The average Bonchev–Trinajstić information content (AvgIpc) is 3.00. The molecule has 0 spiro atoms. The highest BCUT2D eigenvalue weighted by atomic mass is 16.5. The minimum atomic E-state index is -0.330. The first-order valence-electron chi connectivity index (χ1n) is 5.86. The quantitative estimate of drug-likeness (QED) is 0.854. The Hall–Kier alpha value is -2.64. The number of aromatic amines is 1. The van der Waals surface area contributed by atoms with Crippen molar-refractivity contribution in [3.8, 4) is 11.5 Å². The number of H-pyrrole nitrogens is 1. The molecular weight excluding hydrogens is 262 g/mol. The Balaban J connectivity index is 2.19. The van der Waals surface area contributed by atoms with Crippen LogP contribution >= 0.6 is 0 Å². The lowest BCUT2D eigenvalue weighted by molar-refractivity contribution is 0.0772. The summed E-state index contributed by atoms with van der Waals surface area (Å²) in [6.07, 6.45) is 0. The first-order chi connectivity index (χ1) is 9.67. The number of tetrazole rings is 1. The van der Waals surface area contributed by atoms with Crippen LogP contribution in [-0.2, 0) is 6.54 Å². The molecule has 0 saturated heterocycles. The number of nitrogens with zero attached hydrogens (tertiary/aromatic N) is 4. The molecule has 1 N–H and O–H groups in total. The molecule has 0 aliphatic heterocycles. The number of benzene rings is 1. The van der Waals surface area contributed by atoms with Gasteiger partial charge in [0.25, 0.3) is 11.7 Å². The van der Waals surface area contributed by atoms with Gasteiger partial charge in [-0.05, 0) is 11.3 Å². The van der Waals surface area contributed by atoms with Crippen molar-refractivity contribution < 1.29 is 14.3 Å². The molecular formula is C12H15N5O3. The normalized spacial score (nSPS) is 10.2. The van der Waals surface area contributed by atoms with Gasteiger partial charge in [0, 0.05) is 19.2 Å². The summed E-state index contributed by atoms with van der Waals surface area (Å²) >= 11 is 0. The number of nitrogens with one attached hydrogen (secondary N) is 1. The van der Waals surface area contributed by atoms with Gasteiger partial charge in [-0.3, -0.25) is 4.79 Å². The molecule has 1 amide bonds. The Morgan fingerprint density at radius 3 is 2.75 bits per heavy atom. The molecule has 1 aromatic heterocycles. The molecule has 0 fully saturated rings. The van der Waals surface area contributed by atoms with Crippen LogP contribution in [0.5, 0.6) is 11.5 Å². The van der Waals surface area contributed by atoms with Gasteiger partial charge in [0.05, 0.1) is 14.2 Å². The molecule has 0 radical (unpaired) electrons. The second-order valence-electron chi connectivity index (χ2n) is 4.05. The fourth-order valence-electron chi connectivity index (χ4n) is 1.83. The molecule has 0 atom stereocenters. The number of methoxy groups -OCH3 is 2. The van der Waals surface area contributed by atoms with Crippen LogP contribution in [-0.4, -0.2) is 52.7 Å². The fourth-order valence-corrected chi connectivity index (χ4v) is 1.83. The van der Waals surface area contributed by atoms with Crippen LogP contribution in [0.2, 0.25) is 0 Å². The maximum absolute atomic E-state index is 12.0. The number of rotatable bonds is 5. The summed E-state index contributed by atoms with van der Waals surface area (Å²) in [5.41, 5.74) is 0.825. The summed E-state index contributed by atoms with van der Waals surface area (Å²) < 4.78 is 10.5. The molecule has 2 aromatic rings. The molecule has 8 nitrogen and oxygen atoms in total. The third kappa shape index (κ3) is 2.68. The molecule has 1 aromatic carbocycles. The zero-order chi connectivity index (χ0) is 14.5. The van der Waals surface area contributed by atoms with Gasteiger partial charge in [0.1, 0.15) is 0 Å². The SMILES string of the molecule is COc1cccc(CN(C)C(=O)c2nn[nH]n2)c1OC. The van der Waals surface area contributed by atoms with E-state index < -0.39 is 0 Å². The fraction of sp³-hybridized carbons (Fsp3) is 0.333. The van der Waals surface area contributed by atoms with Crippen LogP contribution in [0.4, 0.5) is 0 Å². The summed E-state index contributed by atoms with van der Waals surface area (Å²) in [5.74, 6) is 0.908. The second-order valence-corrected chi connectivity index (χ2v) is 4.05. The van der Waals surface area contributed by atoms with E-state index in [0.29, 0.717) is 18.0 Å². The maximum Gasteiger partial charge on any atom is 0.295 e. The van der Waals surface area contributed by atoms with E-state index in [9.17, 15) is 4.79 Å². The zero-order valence-corrected chi connectivity index (χ0v) is 11.5. The van der Waals surface area contributed by atoms with Crippen molar-refractivity contribution in [3.63, 3.8) is 0 Å². The molecule has 0 aliphatic carbocycles. The lowest BCUT2D eigenvalue weighted by atomic mass is 10.1. The molecule has 0 unspecified atom stereocenters. The molecule has 1 heterocycles. The number of hydrogen-bond acceptors (Lipinski definition) is 6. The van der Waals surface area contributed by atoms with Gasteiger partial charge >= 0.3 is 0 Å². The van der Waals surface area contributed by atoms with E-state index in [1.165, 1.54) is 4.90 Å². The van der Waals surface area contributed by atoms with Crippen molar-refractivity contribution in [2.24, 2.45) is 0 Å². The van der Waals surface area contributed by atoms with Crippen LogP contribution in [0.1, 0.15) is 16.2 Å². The maximum atomic E-state index is 12.0. The lowest BCUT2D eigenvalue weighted by Crippen LogP contribution is -2.27. The first kappa shape index (κ1) is 13.8. The van der Waals surface area contributed by atoms with Crippen LogP contribution < -0.4 is 9.47 Å². The average molecular weight is 277 g/mol. The highest BCUT2D eigenvalue weighted by Crippen LogP contribution is 2.31. The number of carbonyl (C=O) groups excluding carboxylic acids is 1. The van der Waals surface area contributed by atoms with Crippen molar-refractivity contribution >= 4 is 5.91 Å². The lowest BCUT2D eigenvalue weighted by Gasteiger charge is -2.18. The number of para-hydroxylation sites is 1. The summed E-state index contributed by atoms with van der Waals surface area (Å²) in [5, 5.41) is 12.9. The van der Waals surface area contributed by atoms with Crippen molar-refractivity contribution in [2.75, 3.05) is 21.3 Å². The van der Waals surface area contributed by atoms with Crippen molar-refractivity contribution in [1.29, 1.82) is 0 Å². The Bertz CT molecular complexity index is 585. The van der Waals surface area contributed by atoms with Crippen LogP contribution in [0, 0.1) is 0 Å². The van der Waals surface area contributed by atoms with Gasteiger partial charge < -0.3 is 14.4 Å². The highest BCUT2D eigenvalue weighted by molar-refractivity contribution is 5.89. The number of hydrogen-bond donors (Lipinski definition) is 1. The van der Waals surface area contributed by atoms with Gasteiger partial charge in [0.2, 0.25) is 0 Å². The van der Waals surface area contributed by atoms with Gasteiger partial charge in [-0.15, -0.1) is 10.2 Å². The number of carbonyl (C=O) groups is 1. The van der Waals surface area contributed by atoms with E-state index in [1.807, 2.05) is 12.1 Å². The topological polar surface area (TPSA) is 93.2 Å². The molecule has 8 heteroatoms. The van der Waals surface area contributed by atoms with Gasteiger partial charge in [-0.25, -0.2) is 0 Å². The minimum Gasteiger partial charge on any atom is -0.493 e. The van der Waals surface area contributed by atoms with E-state index >= 15 is 0 Å². The van der Waals surface area contributed by atoms with Crippen molar-refractivity contribution in [2.45, 2.75) is 6.54 Å². The molecule has 0 saturated carbocycles. The molecule has 2 rings (SSSR count). The first-order valence-corrected chi connectivity index (χ1v) is 5.86. The van der Waals surface area contributed by atoms with Crippen LogP contribution in [0.25, 0.3) is 0 Å². The third-order valence-electron chi connectivity index (χ3n) is 2.78. The summed E-state index contributed by atoms with van der Waals surface area (Å²) in [6.45, 7) is 0.341. The number of aromatic nitrogens is 4. The van der Waals surface area contributed by atoms with E-state index in [4.69, 9.17) is 9.47 Å². The number of amides is 1. The van der Waals surface area contributed by atoms with Crippen molar-refractivity contribution in [1.82, 2.24) is 25.5 Å². The van der Waals surface area contributed by atoms with E-state index in [-0.39, 0.29) is 11.7 Å². The summed E-state index contributed by atoms with van der Waals surface area (Å²) in [6, 6.07) is 5.49. The van der Waals surface area contributed by atoms with Gasteiger partial charge in [-0.1, -0.05) is 12.1 Å². The number of ether oxygens (including phenoxy) is 2. The van der Waals surface area contributed by atoms with Crippen LogP contribution in [0.3, 0.4) is 0 Å². The highest BCUT2D eigenvalue weighted by Gasteiger charge is 2.19. The smallest absolute Gasteiger partial charge is 0.295 e. The standard InChI is InChI=1S/C12H15N5O3/c1-17(12(18)11-13-15-16-14-11)7-8-5-4-6-9(19-2)10(8)20-3/h4-6H,7H2,1-3H3,(H,13,14,15,16). The van der Waals surface area contributed by atoms with Crippen molar-refractivity contribution in [3.05, 3.63) is 29.6 Å². The second kappa shape index (κ2) is 6.00. The van der Waals surface area contributed by atoms with E-state index in [2.05, 4.69) is 20.6 Å². The largest absolute Gasteiger partial charge is 0.493 e. The molecule has 106 valence electrons. The van der Waals surface area contributed by atoms with Gasteiger partial charge in [-0.2, -0.15) is 5.21 Å². The Labute approximate surface area is 115 Å². The minimum absolute atomic E-state index is 0.0226. The molecule has 0 aliphatic rings. The predicted molar refractivity (Wildman–Crippen MR) is 69.5 cm³/mol. The zero-order valence-electron chi connectivity index (χ0n) is 11.5. The monoisotopic (exact) mass is 277 g/mol. The van der Waals surface area contributed by atoms with E-state index in [1.54, 1.807) is 27.3 Å². The third-order valence-corrected chi connectivity index (χ3v) is 2.78. The Kier molecular flexibility index (Phi) is 4.14. The molecule has 20 heavy (non-hydrogen) atoms. The Morgan fingerprint density at radius 1 is 1.35 bits per heavy atom. The van der Waals surface area contributed by atoms with Gasteiger partial charge in [0.15, 0.2) is 11.5 Å². The molecule has 0 bridgehead atoms. The van der Waals surface area contributed by atoms with E-state index in [0.717, 1.165) is 5.56 Å².